The van der Waals surface area contributed by atoms with E-state index < -0.39 is 8.07 Å². The monoisotopic (exact) mass is 345 g/mol. The highest BCUT2D eigenvalue weighted by atomic mass is 28.3. The van der Waals surface area contributed by atoms with Gasteiger partial charge >= 0.3 is 0 Å². The molecule has 0 aromatic heterocycles. The molecule has 2 aromatic carbocycles. The van der Waals surface area contributed by atoms with Gasteiger partial charge in [-0.05, 0) is 30.4 Å². The van der Waals surface area contributed by atoms with Crippen LogP contribution in [0, 0.1) is 11.8 Å². The number of rotatable bonds is 2. The summed E-state index contributed by atoms with van der Waals surface area (Å²) in [5, 5.41) is 5.88. The number of nitrogens with zero attached hydrogens (tertiary/aromatic N) is 1. The van der Waals surface area contributed by atoms with Crippen LogP contribution in [0.15, 0.2) is 71.9 Å². The Hall–Kier alpha value is -2.13. The normalized spacial score (nSPS) is 29.4. The van der Waals surface area contributed by atoms with Crippen LogP contribution in [0.1, 0.15) is 17.5 Å². The Labute approximate surface area is 150 Å². The van der Waals surface area contributed by atoms with Crippen molar-refractivity contribution < 1.29 is 4.84 Å². The highest BCUT2D eigenvalue weighted by Crippen LogP contribution is 2.51. The molecule has 1 aliphatic heterocycles. The molecule has 3 aliphatic rings. The quantitative estimate of drug-likeness (QED) is 0.594. The molecular formula is C22H23NOSi. The van der Waals surface area contributed by atoms with Crippen LogP contribution in [0.4, 0.5) is 0 Å². The summed E-state index contributed by atoms with van der Waals surface area (Å²) in [7, 11) is -1.94. The second-order valence-electron chi connectivity index (χ2n) is 8.09. The number of allylic oxidation sites excluding steroid dienone is 1. The van der Waals surface area contributed by atoms with Gasteiger partial charge in [-0.25, -0.2) is 0 Å². The Bertz CT molecular complexity index is 886. The van der Waals surface area contributed by atoms with Gasteiger partial charge < -0.3 is 4.84 Å². The maximum absolute atomic E-state index is 6.40. The molecule has 126 valence electrons. The molecule has 2 unspecified atom stereocenters. The van der Waals surface area contributed by atoms with Crippen molar-refractivity contribution >= 4 is 19.0 Å². The van der Waals surface area contributed by atoms with Crippen LogP contribution in [0.3, 0.4) is 0 Å². The first-order valence-electron chi connectivity index (χ1n) is 9.21. The lowest BCUT2D eigenvalue weighted by molar-refractivity contribution is 0.0333. The van der Waals surface area contributed by atoms with Gasteiger partial charge in [0.25, 0.3) is 0 Å². The van der Waals surface area contributed by atoms with E-state index in [4.69, 9.17) is 9.99 Å². The van der Waals surface area contributed by atoms with Crippen molar-refractivity contribution in [2.24, 2.45) is 17.0 Å². The van der Waals surface area contributed by atoms with Gasteiger partial charge in [0.15, 0.2) is 5.22 Å². The van der Waals surface area contributed by atoms with Crippen LogP contribution in [0.2, 0.25) is 13.1 Å². The first-order chi connectivity index (χ1) is 12.1. The molecule has 0 saturated carbocycles. The van der Waals surface area contributed by atoms with Crippen LogP contribution in [-0.2, 0) is 11.3 Å². The first-order valence-corrected chi connectivity index (χ1v) is 12.2. The van der Waals surface area contributed by atoms with E-state index in [-0.39, 0.29) is 5.22 Å². The van der Waals surface area contributed by atoms with E-state index in [0.29, 0.717) is 11.8 Å². The molecule has 2 aromatic rings. The fourth-order valence-corrected chi connectivity index (χ4v) is 8.58. The van der Waals surface area contributed by atoms with E-state index in [1.807, 2.05) is 0 Å². The van der Waals surface area contributed by atoms with E-state index in [9.17, 15) is 0 Å². The molecule has 2 aliphatic carbocycles. The molecule has 0 N–H and O–H groups in total. The Kier molecular flexibility index (Phi) is 3.14. The summed E-state index contributed by atoms with van der Waals surface area (Å²) in [6, 6.07) is 19.7. The summed E-state index contributed by atoms with van der Waals surface area (Å²) < 4.78 is 0. The largest absolute Gasteiger partial charge is 0.388 e. The Morgan fingerprint density at radius 2 is 1.80 bits per heavy atom. The average molecular weight is 346 g/mol. The van der Waals surface area contributed by atoms with Crippen LogP contribution < -0.4 is 5.19 Å². The summed E-state index contributed by atoms with van der Waals surface area (Å²) in [5.41, 5.74) is 3.92. The second-order valence-corrected chi connectivity index (χ2v) is 12.7. The van der Waals surface area contributed by atoms with Crippen molar-refractivity contribution in [3.8, 4) is 0 Å². The molecule has 0 amide bonds. The summed E-state index contributed by atoms with van der Waals surface area (Å²) in [4.78, 5) is 6.40. The van der Waals surface area contributed by atoms with Crippen LogP contribution in [0.5, 0.6) is 0 Å². The van der Waals surface area contributed by atoms with Gasteiger partial charge in [0.05, 0.1) is 11.6 Å². The average Bonchev–Trinajstić information content (AvgIpc) is 3.06. The smallest absolute Gasteiger partial charge is 0.154 e. The minimum absolute atomic E-state index is 0.264. The predicted octanol–water partition coefficient (Wildman–Crippen LogP) is 4.06. The molecule has 2 nitrogen and oxygen atoms in total. The molecule has 1 heterocycles. The lowest BCUT2D eigenvalue weighted by Gasteiger charge is -2.48. The van der Waals surface area contributed by atoms with E-state index in [1.165, 1.54) is 22.0 Å². The maximum Gasteiger partial charge on any atom is 0.154 e. The van der Waals surface area contributed by atoms with Gasteiger partial charge in [0, 0.05) is 5.56 Å². The van der Waals surface area contributed by atoms with Gasteiger partial charge in [-0.1, -0.05) is 84.1 Å². The Balaban J connectivity index is 1.67. The van der Waals surface area contributed by atoms with Gasteiger partial charge in [-0.2, -0.15) is 0 Å². The molecule has 3 atom stereocenters. The minimum Gasteiger partial charge on any atom is -0.388 e. The fraction of sp³-hybridized carbons (Fsp3) is 0.318. The predicted molar refractivity (Wildman–Crippen MR) is 105 cm³/mol. The van der Waals surface area contributed by atoms with Crippen molar-refractivity contribution in [2.45, 2.75) is 31.2 Å². The summed E-state index contributed by atoms with van der Waals surface area (Å²) in [5.74, 6) is 0.978. The first kappa shape index (κ1) is 15.1. The SMILES string of the molecule is C[Si](C)(c1ccccc1)[C@@]12C=CCC3Cc4ccccc4C(=NO1)C32. The van der Waals surface area contributed by atoms with Crippen molar-refractivity contribution in [3.05, 3.63) is 77.9 Å². The van der Waals surface area contributed by atoms with Crippen molar-refractivity contribution in [1.82, 2.24) is 0 Å². The zero-order valence-electron chi connectivity index (χ0n) is 14.8. The maximum atomic E-state index is 6.40. The minimum atomic E-state index is -1.94. The van der Waals surface area contributed by atoms with Gasteiger partial charge in [0.2, 0.25) is 0 Å². The molecule has 0 radical (unpaired) electrons. The molecule has 3 heteroatoms. The van der Waals surface area contributed by atoms with Gasteiger partial charge in [-0.15, -0.1) is 0 Å². The third-order valence-corrected chi connectivity index (χ3v) is 10.9. The summed E-state index contributed by atoms with van der Waals surface area (Å²) in [6.07, 6.45) is 6.97. The van der Waals surface area contributed by atoms with Crippen LogP contribution in [-0.4, -0.2) is 19.0 Å². The van der Waals surface area contributed by atoms with Crippen LogP contribution >= 0.6 is 0 Å². The lowest BCUT2D eigenvalue weighted by Crippen LogP contribution is -2.67. The molecule has 25 heavy (non-hydrogen) atoms. The van der Waals surface area contributed by atoms with Crippen molar-refractivity contribution in [2.75, 3.05) is 0 Å². The zero-order valence-corrected chi connectivity index (χ0v) is 15.8. The highest BCUT2D eigenvalue weighted by molar-refractivity contribution is 6.93. The van der Waals surface area contributed by atoms with Crippen molar-refractivity contribution in [1.29, 1.82) is 0 Å². The second kappa shape index (κ2) is 5.18. The molecule has 0 spiro atoms. The highest BCUT2D eigenvalue weighted by Gasteiger charge is 2.62. The van der Waals surface area contributed by atoms with Crippen molar-refractivity contribution in [3.63, 3.8) is 0 Å². The Morgan fingerprint density at radius 3 is 2.64 bits per heavy atom. The number of hydrogen-bond donors (Lipinski definition) is 0. The lowest BCUT2D eigenvalue weighted by atomic mass is 9.68. The third kappa shape index (κ3) is 1.93. The van der Waals surface area contributed by atoms with E-state index in [0.717, 1.165) is 12.8 Å². The van der Waals surface area contributed by atoms with E-state index in [1.54, 1.807) is 0 Å². The fourth-order valence-electron chi connectivity index (χ4n) is 5.14. The molecular weight excluding hydrogens is 322 g/mol. The van der Waals surface area contributed by atoms with Crippen LogP contribution in [0.25, 0.3) is 0 Å². The molecule has 0 fully saturated rings. The number of benzene rings is 2. The number of oxime groups is 1. The standard InChI is InChI=1S/C22H23NOSi/c1-25(2,18-11-4-3-5-12-18)22-14-8-10-17-15-16-9-6-7-13-19(16)21(20(17)22)23-24-22/h3-9,11-14,17,20H,10,15H2,1-2H3/t17?,20?,22-/m1/s1. The van der Waals surface area contributed by atoms with Gasteiger partial charge in [-0.3, -0.25) is 0 Å². The third-order valence-electron chi connectivity index (χ3n) is 6.58. The Morgan fingerprint density at radius 1 is 1.04 bits per heavy atom. The van der Waals surface area contributed by atoms with E-state index in [2.05, 4.69) is 79.8 Å². The van der Waals surface area contributed by atoms with E-state index >= 15 is 0 Å². The molecule has 0 saturated heterocycles. The summed E-state index contributed by atoms with van der Waals surface area (Å²) in [6.45, 7) is 4.88. The topological polar surface area (TPSA) is 21.6 Å². The van der Waals surface area contributed by atoms with Gasteiger partial charge in [0.1, 0.15) is 8.07 Å². The zero-order chi connectivity index (χ0) is 17.1. The molecule has 0 bridgehead atoms. The summed E-state index contributed by atoms with van der Waals surface area (Å²) >= 11 is 0. The number of fused-ring (bicyclic) bond motifs is 2. The molecule has 5 rings (SSSR count). The number of hydrogen-bond acceptors (Lipinski definition) is 2.